The molecule has 0 saturated carbocycles. The van der Waals surface area contributed by atoms with Gasteiger partial charge >= 0.3 is 0 Å². The second-order valence-corrected chi connectivity index (χ2v) is 6.08. The van der Waals surface area contributed by atoms with E-state index < -0.39 is 0 Å². The van der Waals surface area contributed by atoms with Gasteiger partial charge in [-0.25, -0.2) is 0 Å². The maximum absolute atomic E-state index is 9.46. The molecule has 0 spiro atoms. The maximum Gasteiger partial charge on any atom is 0.0645 e. The van der Waals surface area contributed by atoms with E-state index in [4.69, 9.17) is 4.74 Å². The summed E-state index contributed by atoms with van der Waals surface area (Å²) in [6.45, 7) is 11.5. The Hall–Kier alpha value is -0.160. The largest absolute Gasteiger partial charge is 0.394 e. The molecule has 1 saturated heterocycles. The van der Waals surface area contributed by atoms with Crippen molar-refractivity contribution >= 4 is 0 Å². The van der Waals surface area contributed by atoms with Crippen LogP contribution in [0, 0.1) is 0 Å². The highest BCUT2D eigenvalue weighted by molar-refractivity contribution is 4.92. The summed E-state index contributed by atoms with van der Waals surface area (Å²) in [6, 6.07) is 0.429. The van der Waals surface area contributed by atoms with E-state index in [9.17, 15) is 5.11 Å². The molecule has 1 aliphatic heterocycles. The number of ether oxygens (including phenoxy) is 1. The SMILES string of the molecule is CNC(C)(CO)CC(C)N1CCOCC1(C)C. The molecule has 4 heteroatoms. The number of hydrogen-bond donors (Lipinski definition) is 2. The van der Waals surface area contributed by atoms with Gasteiger partial charge in [0.2, 0.25) is 0 Å². The van der Waals surface area contributed by atoms with Gasteiger partial charge in [-0.2, -0.15) is 0 Å². The van der Waals surface area contributed by atoms with Crippen LogP contribution in [0.5, 0.6) is 0 Å². The Labute approximate surface area is 105 Å². The highest BCUT2D eigenvalue weighted by Gasteiger charge is 2.36. The lowest BCUT2D eigenvalue weighted by molar-refractivity contribution is -0.0747. The van der Waals surface area contributed by atoms with Crippen LogP contribution in [0.1, 0.15) is 34.1 Å². The van der Waals surface area contributed by atoms with E-state index >= 15 is 0 Å². The standard InChI is InChI=1S/C13H28N2O2/c1-11(8-13(4,9-16)14-5)15-6-7-17-10-12(15,2)3/h11,14,16H,6-10H2,1-5H3. The molecule has 0 bridgehead atoms. The minimum Gasteiger partial charge on any atom is -0.394 e. The lowest BCUT2D eigenvalue weighted by Crippen LogP contribution is -2.59. The smallest absolute Gasteiger partial charge is 0.0645 e. The van der Waals surface area contributed by atoms with Gasteiger partial charge in [-0.3, -0.25) is 4.90 Å². The molecule has 1 aliphatic rings. The lowest BCUT2D eigenvalue weighted by atomic mass is 9.90. The van der Waals surface area contributed by atoms with Crippen molar-refractivity contribution in [2.24, 2.45) is 0 Å². The molecule has 0 aromatic rings. The van der Waals surface area contributed by atoms with Crippen LogP contribution in [0.2, 0.25) is 0 Å². The first kappa shape index (κ1) is 14.9. The van der Waals surface area contributed by atoms with Gasteiger partial charge in [-0.05, 0) is 41.2 Å². The predicted molar refractivity (Wildman–Crippen MR) is 70.2 cm³/mol. The summed E-state index contributed by atoms with van der Waals surface area (Å²) in [4.78, 5) is 2.49. The summed E-state index contributed by atoms with van der Waals surface area (Å²) in [5.74, 6) is 0. The Balaban J connectivity index is 2.65. The van der Waals surface area contributed by atoms with Crippen LogP contribution in [-0.4, -0.2) is 60.5 Å². The molecule has 17 heavy (non-hydrogen) atoms. The fourth-order valence-corrected chi connectivity index (χ4v) is 2.70. The van der Waals surface area contributed by atoms with Gasteiger partial charge in [0.15, 0.2) is 0 Å². The first-order valence-corrected chi connectivity index (χ1v) is 6.49. The molecule has 0 radical (unpaired) electrons. The van der Waals surface area contributed by atoms with Crippen LogP contribution < -0.4 is 5.32 Å². The van der Waals surface area contributed by atoms with Crippen LogP contribution >= 0.6 is 0 Å². The topological polar surface area (TPSA) is 44.7 Å². The third-order valence-electron chi connectivity index (χ3n) is 3.94. The Morgan fingerprint density at radius 2 is 2.18 bits per heavy atom. The second kappa shape index (κ2) is 5.65. The van der Waals surface area contributed by atoms with Crippen molar-refractivity contribution in [1.29, 1.82) is 0 Å². The lowest BCUT2D eigenvalue weighted by Gasteiger charge is -2.47. The Bertz CT molecular complexity index is 240. The van der Waals surface area contributed by atoms with Gasteiger partial charge in [0.1, 0.15) is 0 Å². The molecule has 102 valence electrons. The number of morpholine rings is 1. The molecule has 1 heterocycles. The van der Waals surface area contributed by atoms with Crippen molar-refractivity contribution in [3.63, 3.8) is 0 Å². The zero-order valence-corrected chi connectivity index (χ0v) is 11.9. The van der Waals surface area contributed by atoms with Crippen molar-refractivity contribution in [3.05, 3.63) is 0 Å². The zero-order chi connectivity index (χ0) is 13.1. The average Bonchev–Trinajstić information content (AvgIpc) is 2.28. The third kappa shape index (κ3) is 3.65. The number of likely N-dealkylation sites (N-methyl/N-ethyl adjacent to an activating group) is 1. The van der Waals surface area contributed by atoms with Crippen LogP contribution in [0.4, 0.5) is 0 Å². The molecule has 2 unspecified atom stereocenters. The molecule has 2 N–H and O–H groups in total. The molecule has 0 aromatic heterocycles. The van der Waals surface area contributed by atoms with E-state index in [0.717, 1.165) is 26.2 Å². The molecule has 1 fully saturated rings. The first-order valence-electron chi connectivity index (χ1n) is 6.49. The summed E-state index contributed by atoms with van der Waals surface area (Å²) < 4.78 is 5.54. The van der Waals surface area contributed by atoms with Gasteiger partial charge in [-0.1, -0.05) is 0 Å². The van der Waals surface area contributed by atoms with E-state index in [1.54, 1.807) is 0 Å². The highest BCUT2D eigenvalue weighted by Crippen LogP contribution is 2.25. The van der Waals surface area contributed by atoms with E-state index in [-0.39, 0.29) is 17.7 Å². The second-order valence-electron chi connectivity index (χ2n) is 6.08. The fourth-order valence-electron chi connectivity index (χ4n) is 2.70. The Kier molecular flexibility index (Phi) is 4.95. The molecule has 0 amide bonds. The molecular formula is C13H28N2O2. The summed E-state index contributed by atoms with van der Waals surface area (Å²) >= 11 is 0. The number of aliphatic hydroxyl groups is 1. The first-order chi connectivity index (χ1) is 7.84. The summed E-state index contributed by atoms with van der Waals surface area (Å²) in [7, 11) is 1.91. The van der Waals surface area contributed by atoms with Crippen LogP contribution in [-0.2, 0) is 4.74 Å². The Morgan fingerprint density at radius 3 is 2.65 bits per heavy atom. The molecule has 1 rings (SSSR count). The average molecular weight is 244 g/mol. The molecular weight excluding hydrogens is 216 g/mol. The van der Waals surface area contributed by atoms with Crippen molar-refractivity contribution < 1.29 is 9.84 Å². The summed E-state index contributed by atoms with van der Waals surface area (Å²) in [5, 5.41) is 12.7. The van der Waals surface area contributed by atoms with E-state index in [1.807, 2.05) is 7.05 Å². The highest BCUT2D eigenvalue weighted by atomic mass is 16.5. The zero-order valence-electron chi connectivity index (χ0n) is 11.9. The van der Waals surface area contributed by atoms with E-state index in [2.05, 4.69) is 37.9 Å². The van der Waals surface area contributed by atoms with Gasteiger partial charge in [0.25, 0.3) is 0 Å². The Morgan fingerprint density at radius 1 is 1.53 bits per heavy atom. The van der Waals surface area contributed by atoms with E-state index in [0.29, 0.717) is 6.04 Å². The monoisotopic (exact) mass is 244 g/mol. The molecule has 2 atom stereocenters. The number of aliphatic hydroxyl groups excluding tert-OH is 1. The van der Waals surface area contributed by atoms with Crippen molar-refractivity contribution in [2.75, 3.05) is 33.4 Å². The normalized spacial score (nSPS) is 26.5. The minimum atomic E-state index is -0.201. The van der Waals surface area contributed by atoms with Crippen LogP contribution in [0.15, 0.2) is 0 Å². The predicted octanol–water partition coefficient (Wildman–Crippen LogP) is 0.846. The van der Waals surface area contributed by atoms with Crippen LogP contribution in [0.3, 0.4) is 0 Å². The van der Waals surface area contributed by atoms with Gasteiger partial charge in [0, 0.05) is 23.7 Å². The fraction of sp³-hybridized carbons (Fsp3) is 1.00. The van der Waals surface area contributed by atoms with Crippen LogP contribution in [0.25, 0.3) is 0 Å². The number of hydrogen-bond acceptors (Lipinski definition) is 4. The quantitative estimate of drug-likeness (QED) is 0.752. The molecule has 4 nitrogen and oxygen atoms in total. The van der Waals surface area contributed by atoms with Gasteiger partial charge in [-0.15, -0.1) is 0 Å². The van der Waals surface area contributed by atoms with Crippen molar-refractivity contribution in [2.45, 2.75) is 51.2 Å². The number of rotatable bonds is 5. The molecule has 0 aliphatic carbocycles. The van der Waals surface area contributed by atoms with Gasteiger partial charge in [0.05, 0.1) is 19.8 Å². The van der Waals surface area contributed by atoms with E-state index in [1.165, 1.54) is 0 Å². The maximum atomic E-state index is 9.46. The number of nitrogens with one attached hydrogen (secondary N) is 1. The minimum absolute atomic E-state index is 0.0851. The molecule has 0 aromatic carbocycles. The van der Waals surface area contributed by atoms with Crippen molar-refractivity contribution in [1.82, 2.24) is 10.2 Å². The van der Waals surface area contributed by atoms with Crippen molar-refractivity contribution in [3.8, 4) is 0 Å². The number of nitrogens with zero attached hydrogens (tertiary/aromatic N) is 1. The summed E-state index contributed by atoms with van der Waals surface area (Å²) in [5.41, 5.74) is -0.116. The third-order valence-corrected chi connectivity index (χ3v) is 3.94. The summed E-state index contributed by atoms with van der Waals surface area (Å²) in [6.07, 6.45) is 0.934. The van der Waals surface area contributed by atoms with Gasteiger partial charge < -0.3 is 15.2 Å².